The van der Waals surface area contributed by atoms with Crippen molar-refractivity contribution in [3.05, 3.63) is 98.9 Å². The third-order valence-electron chi connectivity index (χ3n) is 6.92. The van der Waals surface area contributed by atoms with E-state index in [4.69, 9.17) is 21.4 Å². The first kappa shape index (κ1) is 25.0. The van der Waals surface area contributed by atoms with Gasteiger partial charge in [-0.05, 0) is 73.3 Å². The number of aromatic nitrogens is 2. The molecule has 0 radical (unpaired) electrons. The maximum absolute atomic E-state index is 13.7. The van der Waals surface area contributed by atoms with Crippen molar-refractivity contribution in [3.63, 3.8) is 0 Å². The second kappa shape index (κ2) is 11.2. The Kier molecular flexibility index (Phi) is 7.53. The number of hydrogen-bond acceptors (Lipinski definition) is 6. The van der Waals surface area contributed by atoms with Gasteiger partial charge in [-0.3, -0.25) is 14.5 Å². The minimum Gasteiger partial charge on any atom is -0.508 e. The van der Waals surface area contributed by atoms with Crippen LogP contribution in [0.3, 0.4) is 0 Å². The van der Waals surface area contributed by atoms with Gasteiger partial charge in [-0.25, -0.2) is 4.68 Å². The highest BCUT2D eigenvalue weighted by atomic mass is 35.5. The number of phenolic OH excluding ortho intramolecular Hbond substituents is 1. The van der Waals surface area contributed by atoms with E-state index in [0.29, 0.717) is 40.1 Å². The summed E-state index contributed by atoms with van der Waals surface area (Å²) >= 11 is 6.07. The number of carbonyl (C=O) groups is 1. The van der Waals surface area contributed by atoms with Crippen LogP contribution in [-0.4, -0.2) is 39.3 Å². The Labute approximate surface area is 219 Å². The van der Waals surface area contributed by atoms with Gasteiger partial charge in [0.05, 0.1) is 22.5 Å². The van der Waals surface area contributed by atoms with Crippen molar-refractivity contribution in [2.45, 2.75) is 38.3 Å². The molecule has 3 aromatic carbocycles. The molecule has 4 aromatic rings. The fraction of sp³-hybridized carbons (Fsp3) is 0.276. The smallest absolute Gasteiger partial charge is 0.298 e. The van der Waals surface area contributed by atoms with Gasteiger partial charge in [-0.1, -0.05) is 41.9 Å². The van der Waals surface area contributed by atoms with Crippen LogP contribution in [0, 0.1) is 0 Å². The molecule has 1 N–H and O–H groups in total. The standard InChI is InChI=1S/C29H28ClN3O4/c30-22-10-6-20(7-11-22)17-26-28-25(4-1-5-27(28)37-19-34)29(36)33(31-26)23-3-2-15-32(16-14-23)18-21-8-12-24(35)13-9-21/h1,4-13,19,23,35H,2-3,14-18H2. The molecule has 0 amide bonds. The molecule has 1 aromatic heterocycles. The molecule has 7 nitrogen and oxygen atoms in total. The Hall–Kier alpha value is -3.68. The van der Waals surface area contributed by atoms with Crippen LogP contribution in [0.4, 0.5) is 0 Å². The number of phenols is 1. The first-order valence-electron chi connectivity index (χ1n) is 12.4. The molecule has 190 valence electrons. The Bertz CT molecular complexity index is 1450. The minimum atomic E-state index is -0.178. The number of nitrogens with zero attached hydrogens (tertiary/aromatic N) is 3. The molecule has 37 heavy (non-hydrogen) atoms. The summed E-state index contributed by atoms with van der Waals surface area (Å²) in [6, 6.07) is 19.9. The van der Waals surface area contributed by atoms with Gasteiger partial charge in [0.2, 0.25) is 0 Å². The van der Waals surface area contributed by atoms with Crippen LogP contribution in [0.25, 0.3) is 10.8 Å². The summed E-state index contributed by atoms with van der Waals surface area (Å²) in [5, 5.41) is 16.1. The number of hydrogen-bond donors (Lipinski definition) is 1. The van der Waals surface area contributed by atoms with Crippen LogP contribution in [0.15, 0.2) is 71.5 Å². The van der Waals surface area contributed by atoms with Crippen LogP contribution in [0.2, 0.25) is 5.02 Å². The molecule has 1 aliphatic rings. The highest BCUT2D eigenvalue weighted by Crippen LogP contribution is 2.30. The largest absolute Gasteiger partial charge is 0.508 e. The van der Waals surface area contributed by atoms with E-state index in [1.807, 2.05) is 36.4 Å². The normalized spacial score (nSPS) is 16.4. The average Bonchev–Trinajstić information content (AvgIpc) is 3.14. The summed E-state index contributed by atoms with van der Waals surface area (Å²) in [7, 11) is 0. The number of likely N-dealkylation sites (tertiary alicyclic amines) is 1. The fourth-order valence-corrected chi connectivity index (χ4v) is 5.20. The lowest BCUT2D eigenvalue weighted by atomic mass is 10.0. The highest BCUT2D eigenvalue weighted by Gasteiger charge is 2.23. The summed E-state index contributed by atoms with van der Waals surface area (Å²) in [4.78, 5) is 27.2. The first-order chi connectivity index (χ1) is 18.0. The van der Waals surface area contributed by atoms with Crippen molar-refractivity contribution >= 4 is 28.8 Å². The molecule has 0 aliphatic carbocycles. The Morgan fingerprint density at radius 2 is 1.76 bits per heavy atom. The molecule has 0 saturated carbocycles. The van der Waals surface area contributed by atoms with Crippen molar-refractivity contribution in [1.29, 1.82) is 0 Å². The molecule has 1 saturated heterocycles. The molecule has 2 heterocycles. The molecule has 5 rings (SSSR count). The zero-order valence-corrected chi connectivity index (χ0v) is 21.1. The van der Waals surface area contributed by atoms with Gasteiger partial charge >= 0.3 is 0 Å². The number of fused-ring (bicyclic) bond motifs is 1. The minimum absolute atomic E-state index is 0.0404. The number of rotatable bonds is 7. The van der Waals surface area contributed by atoms with E-state index in [2.05, 4.69) is 4.90 Å². The maximum Gasteiger partial charge on any atom is 0.298 e. The van der Waals surface area contributed by atoms with Gasteiger partial charge in [-0.2, -0.15) is 5.10 Å². The van der Waals surface area contributed by atoms with E-state index in [0.717, 1.165) is 50.0 Å². The van der Waals surface area contributed by atoms with E-state index >= 15 is 0 Å². The molecule has 1 unspecified atom stereocenters. The van der Waals surface area contributed by atoms with Crippen molar-refractivity contribution in [1.82, 2.24) is 14.7 Å². The zero-order chi connectivity index (χ0) is 25.8. The average molecular weight is 518 g/mol. The monoisotopic (exact) mass is 517 g/mol. The molecule has 1 aliphatic heterocycles. The summed E-state index contributed by atoms with van der Waals surface area (Å²) in [5.74, 6) is 0.590. The summed E-state index contributed by atoms with van der Waals surface area (Å²) in [5.41, 5.74) is 2.64. The second-order valence-electron chi connectivity index (χ2n) is 9.42. The molecule has 0 bridgehead atoms. The van der Waals surface area contributed by atoms with Gasteiger partial charge in [-0.15, -0.1) is 0 Å². The van der Waals surface area contributed by atoms with Crippen LogP contribution in [-0.2, 0) is 17.8 Å². The van der Waals surface area contributed by atoms with Crippen LogP contribution in [0.1, 0.15) is 42.1 Å². The van der Waals surface area contributed by atoms with Gasteiger partial charge in [0.25, 0.3) is 12.0 Å². The molecule has 1 fully saturated rings. The summed E-state index contributed by atoms with van der Waals surface area (Å²) < 4.78 is 6.88. The lowest BCUT2D eigenvalue weighted by molar-refractivity contribution is -0.120. The molecular weight excluding hydrogens is 490 g/mol. The Morgan fingerprint density at radius 1 is 1.00 bits per heavy atom. The maximum atomic E-state index is 13.7. The molecule has 8 heteroatoms. The third kappa shape index (κ3) is 5.68. The topological polar surface area (TPSA) is 84.7 Å². The SMILES string of the molecule is O=COc1cccc2c(=O)n(C3CCCN(Cc4ccc(O)cc4)CC3)nc(Cc3ccc(Cl)cc3)c12. The van der Waals surface area contributed by atoms with Crippen LogP contribution < -0.4 is 10.3 Å². The summed E-state index contributed by atoms with van der Waals surface area (Å²) in [6.07, 6.45) is 3.04. The molecular formula is C29H28ClN3O4. The fourth-order valence-electron chi connectivity index (χ4n) is 5.07. The number of aromatic hydroxyl groups is 1. The zero-order valence-electron chi connectivity index (χ0n) is 20.3. The second-order valence-corrected chi connectivity index (χ2v) is 9.86. The first-order valence-corrected chi connectivity index (χ1v) is 12.8. The lowest BCUT2D eigenvalue weighted by Crippen LogP contribution is -2.30. The van der Waals surface area contributed by atoms with E-state index in [9.17, 15) is 14.7 Å². The summed E-state index contributed by atoms with van der Waals surface area (Å²) in [6.45, 7) is 2.93. The van der Waals surface area contributed by atoms with Gasteiger partial charge in [0, 0.05) is 24.5 Å². The third-order valence-corrected chi connectivity index (χ3v) is 7.17. The van der Waals surface area contributed by atoms with Gasteiger partial charge in [0.1, 0.15) is 11.5 Å². The predicted octanol–water partition coefficient (Wildman–Crippen LogP) is 5.11. The van der Waals surface area contributed by atoms with Crippen molar-refractivity contribution in [3.8, 4) is 11.5 Å². The van der Waals surface area contributed by atoms with E-state index < -0.39 is 0 Å². The highest BCUT2D eigenvalue weighted by molar-refractivity contribution is 6.30. The number of carbonyl (C=O) groups excluding carboxylic acids is 1. The quantitative estimate of drug-likeness (QED) is 0.343. The predicted molar refractivity (Wildman–Crippen MR) is 143 cm³/mol. The van der Waals surface area contributed by atoms with Crippen LogP contribution in [0.5, 0.6) is 11.5 Å². The Balaban J connectivity index is 1.47. The van der Waals surface area contributed by atoms with E-state index in [1.165, 1.54) is 0 Å². The van der Waals surface area contributed by atoms with Gasteiger partial charge in [0.15, 0.2) is 0 Å². The van der Waals surface area contributed by atoms with E-state index in [-0.39, 0.29) is 17.4 Å². The number of benzene rings is 3. The van der Waals surface area contributed by atoms with E-state index in [1.54, 1.807) is 35.0 Å². The molecule has 1 atom stereocenters. The van der Waals surface area contributed by atoms with Crippen molar-refractivity contribution in [2.24, 2.45) is 0 Å². The Morgan fingerprint density at radius 3 is 2.51 bits per heavy atom. The number of halogens is 1. The van der Waals surface area contributed by atoms with Gasteiger partial charge < -0.3 is 9.84 Å². The van der Waals surface area contributed by atoms with Crippen LogP contribution >= 0.6 is 11.6 Å². The number of ether oxygens (including phenoxy) is 1. The molecule has 0 spiro atoms. The lowest BCUT2D eigenvalue weighted by Gasteiger charge is -2.21. The van der Waals surface area contributed by atoms with Crippen molar-refractivity contribution in [2.75, 3.05) is 13.1 Å². The van der Waals surface area contributed by atoms with Crippen molar-refractivity contribution < 1.29 is 14.6 Å².